The Morgan fingerprint density at radius 3 is 2.56 bits per heavy atom. The van der Waals surface area contributed by atoms with Crippen molar-refractivity contribution >= 4 is 17.4 Å². The molecule has 2 aromatic rings. The fourth-order valence-corrected chi connectivity index (χ4v) is 1.86. The second kappa shape index (κ2) is 4.66. The van der Waals surface area contributed by atoms with Gasteiger partial charge < -0.3 is 20.3 Å². The molecule has 0 amide bonds. The number of phenols is 1. The first-order valence-electron chi connectivity index (χ1n) is 5.03. The molecule has 0 saturated carbocycles. The zero-order valence-electron chi connectivity index (χ0n) is 9.82. The number of phenolic OH excluding ortho intramolecular Hbond substituents is 1. The predicted molar refractivity (Wildman–Crippen MR) is 68.2 cm³/mol. The number of nitrogen functional groups attached to an aromatic ring is 1. The van der Waals surface area contributed by atoms with Gasteiger partial charge in [0.1, 0.15) is 11.6 Å². The third-order valence-electron chi connectivity index (χ3n) is 2.46. The Bertz CT molecular complexity index is 583. The van der Waals surface area contributed by atoms with E-state index in [0.29, 0.717) is 28.6 Å². The van der Waals surface area contributed by atoms with E-state index in [1.54, 1.807) is 6.07 Å². The molecule has 6 nitrogen and oxygen atoms in total. The summed E-state index contributed by atoms with van der Waals surface area (Å²) in [5.74, 6) is 0.926. The van der Waals surface area contributed by atoms with Gasteiger partial charge in [-0.3, -0.25) is 5.10 Å². The fourth-order valence-electron chi connectivity index (χ4n) is 1.67. The van der Waals surface area contributed by atoms with E-state index in [-0.39, 0.29) is 10.8 Å². The summed E-state index contributed by atoms with van der Waals surface area (Å²) in [5, 5.41) is 16.7. The second-order valence-corrected chi connectivity index (χ2v) is 3.93. The van der Waals surface area contributed by atoms with Gasteiger partial charge in [0.2, 0.25) is 0 Å². The number of halogens is 1. The zero-order valence-corrected chi connectivity index (χ0v) is 10.6. The number of nitrogens with zero attached hydrogens (tertiary/aromatic N) is 1. The number of H-pyrrole nitrogens is 1. The van der Waals surface area contributed by atoms with Crippen LogP contribution in [0.15, 0.2) is 12.1 Å². The fraction of sp³-hybridized carbons (Fsp3) is 0.182. The Morgan fingerprint density at radius 2 is 2.06 bits per heavy atom. The van der Waals surface area contributed by atoms with E-state index in [9.17, 15) is 5.11 Å². The summed E-state index contributed by atoms with van der Waals surface area (Å²) in [5.41, 5.74) is 6.38. The highest BCUT2D eigenvalue weighted by Gasteiger charge is 2.21. The van der Waals surface area contributed by atoms with Gasteiger partial charge in [-0.05, 0) is 0 Å². The first kappa shape index (κ1) is 12.4. The van der Waals surface area contributed by atoms with Crippen LogP contribution in [0.5, 0.6) is 17.2 Å². The van der Waals surface area contributed by atoms with Crippen LogP contribution in [0, 0.1) is 0 Å². The molecule has 0 fully saturated rings. The molecule has 18 heavy (non-hydrogen) atoms. The van der Waals surface area contributed by atoms with E-state index in [2.05, 4.69) is 10.2 Å². The summed E-state index contributed by atoms with van der Waals surface area (Å²) < 4.78 is 10.4. The Balaban J connectivity index is 2.74. The van der Waals surface area contributed by atoms with Crippen molar-refractivity contribution in [2.75, 3.05) is 20.0 Å². The summed E-state index contributed by atoms with van der Waals surface area (Å²) in [6.45, 7) is 0. The minimum Gasteiger partial charge on any atom is -0.506 e. The lowest BCUT2D eigenvalue weighted by Crippen LogP contribution is -1.94. The molecule has 0 radical (unpaired) electrons. The molecular formula is C11H12ClN3O3. The number of nitrogens with one attached hydrogen (secondary N) is 1. The highest BCUT2D eigenvalue weighted by molar-refractivity contribution is 6.32. The molecule has 96 valence electrons. The number of aromatic hydroxyl groups is 1. The topological polar surface area (TPSA) is 93.4 Å². The molecule has 0 aliphatic rings. The molecule has 2 rings (SSSR count). The highest BCUT2D eigenvalue weighted by atomic mass is 35.5. The monoisotopic (exact) mass is 269 g/mol. The molecule has 1 aromatic carbocycles. The molecule has 0 bridgehead atoms. The molecule has 0 aliphatic carbocycles. The molecule has 1 heterocycles. The van der Waals surface area contributed by atoms with E-state index in [1.807, 2.05) is 0 Å². The van der Waals surface area contributed by atoms with Gasteiger partial charge >= 0.3 is 0 Å². The van der Waals surface area contributed by atoms with Gasteiger partial charge in [-0.2, -0.15) is 5.10 Å². The number of hydrogen-bond acceptors (Lipinski definition) is 5. The minimum atomic E-state index is -0.127. The maximum absolute atomic E-state index is 10.0. The van der Waals surface area contributed by atoms with Crippen LogP contribution < -0.4 is 15.2 Å². The van der Waals surface area contributed by atoms with Gasteiger partial charge in [-0.25, -0.2) is 0 Å². The molecule has 0 saturated heterocycles. The second-order valence-electron chi connectivity index (χ2n) is 3.52. The van der Waals surface area contributed by atoms with E-state index in [1.165, 1.54) is 20.3 Å². The summed E-state index contributed by atoms with van der Waals surface area (Å²) >= 11 is 5.93. The number of benzene rings is 1. The van der Waals surface area contributed by atoms with Gasteiger partial charge in [0, 0.05) is 12.1 Å². The standard InChI is InChI=1S/C11H12ClN3O3/c1-17-7-3-5(12)10(16)9(11(7)18-2)6-4-8(13)15-14-6/h3-4,16H,1-2H3,(H3,13,14,15). The van der Waals surface area contributed by atoms with Gasteiger partial charge in [0.25, 0.3) is 0 Å². The van der Waals surface area contributed by atoms with Crippen LogP contribution >= 0.6 is 11.6 Å². The molecule has 0 aliphatic heterocycles. The highest BCUT2D eigenvalue weighted by Crippen LogP contribution is 2.47. The number of ether oxygens (including phenoxy) is 2. The Kier molecular flexibility index (Phi) is 3.20. The van der Waals surface area contributed by atoms with Gasteiger partial charge in [-0.1, -0.05) is 11.6 Å². The predicted octanol–water partition coefficient (Wildman–Crippen LogP) is 2.04. The zero-order chi connectivity index (χ0) is 13.3. The van der Waals surface area contributed by atoms with Crippen LogP contribution in [0.4, 0.5) is 5.82 Å². The summed E-state index contributed by atoms with van der Waals surface area (Å²) in [6.07, 6.45) is 0. The maximum Gasteiger partial charge on any atom is 0.173 e. The number of anilines is 1. The van der Waals surface area contributed by atoms with Crippen LogP contribution in [-0.2, 0) is 0 Å². The minimum absolute atomic E-state index is 0.127. The van der Waals surface area contributed by atoms with Gasteiger partial charge in [-0.15, -0.1) is 0 Å². The number of methoxy groups -OCH3 is 2. The van der Waals surface area contributed by atoms with E-state index in [4.69, 9.17) is 26.8 Å². The molecule has 1 aromatic heterocycles. The first-order chi connectivity index (χ1) is 8.58. The van der Waals surface area contributed by atoms with E-state index < -0.39 is 0 Å². The number of aromatic amines is 1. The van der Waals surface area contributed by atoms with Crippen LogP contribution in [0.2, 0.25) is 5.02 Å². The van der Waals surface area contributed by atoms with Gasteiger partial charge in [0.05, 0.1) is 30.5 Å². The molecule has 0 spiro atoms. The third kappa shape index (κ3) is 1.91. The first-order valence-corrected chi connectivity index (χ1v) is 5.41. The van der Waals surface area contributed by atoms with E-state index >= 15 is 0 Å². The normalized spacial score (nSPS) is 10.4. The quantitative estimate of drug-likeness (QED) is 0.793. The molecule has 7 heteroatoms. The van der Waals surface area contributed by atoms with Crippen molar-refractivity contribution < 1.29 is 14.6 Å². The largest absolute Gasteiger partial charge is 0.506 e. The van der Waals surface area contributed by atoms with Crippen molar-refractivity contribution in [3.05, 3.63) is 17.2 Å². The Morgan fingerprint density at radius 1 is 1.33 bits per heavy atom. The van der Waals surface area contributed by atoms with Crippen molar-refractivity contribution in [3.8, 4) is 28.5 Å². The lowest BCUT2D eigenvalue weighted by atomic mass is 10.1. The smallest absolute Gasteiger partial charge is 0.173 e. The van der Waals surface area contributed by atoms with Crippen LogP contribution in [0.1, 0.15) is 0 Å². The maximum atomic E-state index is 10.0. The number of hydrogen-bond donors (Lipinski definition) is 3. The van der Waals surface area contributed by atoms with Crippen LogP contribution in [-0.4, -0.2) is 29.5 Å². The molecule has 0 unspecified atom stereocenters. The molecule has 0 atom stereocenters. The van der Waals surface area contributed by atoms with Crippen molar-refractivity contribution in [1.29, 1.82) is 0 Å². The molecular weight excluding hydrogens is 258 g/mol. The van der Waals surface area contributed by atoms with Crippen LogP contribution in [0.25, 0.3) is 11.3 Å². The van der Waals surface area contributed by atoms with Crippen molar-refractivity contribution in [2.45, 2.75) is 0 Å². The molecule has 4 N–H and O–H groups in total. The lowest BCUT2D eigenvalue weighted by molar-refractivity contribution is 0.353. The number of aromatic nitrogens is 2. The van der Waals surface area contributed by atoms with E-state index in [0.717, 1.165) is 0 Å². The van der Waals surface area contributed by atoms with Crippen molar-refractivity contribution in [2.24, 2.45) is 0 Å². The summed E-state index contributed by atoms with van der Waals surface area (Å²) in [6, 6.07) is 3.03. The third-order valence-corrected chi connectivity index (χ3v) is 2.75. The average Bonchev–Trinajstić information content (AvgIpc) is 2.78. The SMILES string of the molecule is COc1cc(Cl)c(O)c(-c2cc(N)n[nH]2)c1OC. The number of rotatable bonds is 3. The van der Waals surface area contributed by atoms with Crippen LogP contribution in [0.3, 0.4) is 0 Å². The Hall–Kier alpha value is -2.08. The summed E-state index contributed by atoms with van der Waals surface area (Å²) in [7, 11) is 2.95. The Labute approximate surface area is 108 Å². The van der Waals surface area contributed by atoms with Crippen molar-refractivity contribution in [1.82, 2.24) is 10.2 Å². The number of nitrogens with two attached hydrogens (primary N) is 1. The van der Waals surface area contributed by atoms with Gasteiger partial charge in [0.15, 0.2) is 11.5 Å². The average molecular weight is 270 g/mol. The van der Waals surface area contributed by atoms with Crippen molar-refractivity contribution in [3.63, 3.8) is 0 Å². The lowest BCUT2D eigenvalue weighted by Gasteiger charge is -2.14. The summed E-state index contributed by atoms with van der Waals surface area (Å²) in [4.78, 5) is 0.